The van der Waals surface area contributed by atoms with Gasteiger partial charge in [-0.3, -0.25) is 38.4 Å². The van der Waals surface area contributed by atoms with Gasteiger partial charge < -0.3 is 70.4 Å². The van der Waals surface area contributed by atoms with Gasteiger partial charge in [0.05, 0.1) is 13.0 Å². The van der Waals surface area contributed by atoms with Gasteiger partial charge in [-0.15, -0.1) is 0 Å². The van der Waals surface area contributed by atoms with E-state index < -0.39 is 138 Å². The lowest BCUT2D eigenvalue weighted by molar-refractivity contribution is -0.142. The average molecular weight is 872 g/mol. The zero-order valence-corrected chi connectivity index (χ0v) is 36.9. The van der Waals surface area contributed by atoms with Crippen molar-refractivity contribution in [2.24, 2.45) is 46.6 Å². The highest BCUT2D eigenvalue weighted by molar-refractivity contribution is 5.98. The first kappa shape index (κ1) is 56.1. The summed E-state index contributed by atoms with van der Waals surface area (Å²) in [6.45, 7) is 13.1. The van der Waals surface area contributed by atoms with Crippen LogP contribution in [0.3, 0.4) is 0 Å². The Bertz CT molecular complexity index is 1480. The Labute approximate surface area is 358 Å². The van der Waals surface area contributed by atoms with Gasteiger partial charge in [0.15, 0.2) is 0 Å². The summed E-state index contributed by atoms with van der Waals surface area (Å²) >= 11 is 0. The molecule has 0 saturated heterocycles. The van der Waals surface area contributed by atoms with Crippen molar-refractivity contribution in [2.75, 3.05) is 19.7 Å². The number of amides is 8. The minimum Gasteiger partial charge on any atom is -0.480 e. The number of hydrogen-bond acceptors (Lipinski definition) is 13. The van der Waals surface area contributed by atoms with Crippen LogP contribution in [0.4, 0.5) is 0 Å². The first-order chi connectivity index (χ1) is 28.4. The van der Waals surface area contributed by atoms with Crippen molar-refractivity contribution in [3.63, 3.8) is 0 Å². The van der Waals surface area contributed by atoms with E-state index in [9.17, 15) is 53.4 Å². The number of carboxylic acids is 1. The Hall–Kier alpha value is -4.93. The largest absolute Gasteiger partial charge is 0.480 e. The zero-order chi connectivity index (χ0) is 47.1. The lowest BCUT2D eigenvalue weighted by Crippen LogP contribution is -2.62. The van der Waals surface area contributed by atoms with E-state index in [0.29, 0.717) is 38.8 Å². The van der Waals surface area contributed by atoms with Gasteiger partial charge >= 0.3 is 5.97 Å². The molecule has 0 aliphatic carbocycles. The number of primary amides is 1. The van der Waals surface area contributed by atoms with E-state index in [1.54, 1.807) is 55.4 Å². The molecule has 0 heterocycles. The molecule has 0 aliphatic rings. The van der Waals surface area contributed by atoms with E-state index in [-0.39, 0.29) is 12.8 Å². The predicted molar refractivity (Wildman–Crippen MR) is 225 cm³/mol. The maximum Gasteiger partial charge on any atom is 0.326 e. The van der Waals surface area contributed by atoms with Crippen LogP contribution in [0.1, 0.15) is 100 Å². The zero-order valence-electron chi connectivity index (χ0n) is 36.9. The Morgan fingerprint density at radius 1 is 0.459 bits per heavy atom. The molecule has 0 aromatic heterocycles. The van der Waals surface area contributed by atoms with E-state index in [2.05, 4.69) is 37.2 Å². The smallest absolute Gasteiger partial charge is 0.326 e. The van der Waals surface area contributed by atoms with Gasteiger partial charge in [0, 0.05) is 0 Å². The van der Waals surface area contributed by atoms with Crippen LogP contribution in [-0.2, 0) is 43.2 Å². The quantitative estimate of drug-likeness (QED) is 0.0312. The summed E-state index contributed by atoms with van der Waals surface area (Å²) in [7, 11) is 0. The van der Waals surface area contributed by atoms with Crippen LogP contribution >= 0.6 is 0 Å². The van der Waals surface area contributed by atoms with E-state index in [4.69, 9.17) is 22.9 Å². The average Bonchev–Trinajstić information content (AvgIpc) is 3.17. The minimum absolute atomic E-state index is 0.0404. The molecule has 0 aromatic carbocycles. The molecule has 0 radical (unpaired) electrons. The normalized spacial score (nSPS) is 15.3. The van der Waals surface area contributed by atoms with Crippen LogP contribution in [0.2, 0.25) is 0 Å². The van der Waals surface area contributed by atoms with Crippen molar-refractivity contribution < 1.29 is 53.4 Å². The van der Waals surface area contributed by atoms with Gasteiger partial charge in [-0.2, -0.15) is 0 Å². The molecule has 0 aliphatic heterocycles. The molecule has 0 fully saturated rings. The van der Waals surface area contributed by atoms with Gasteiger partial charge in [-0.25, -0.2) is 4.79 Å². The van der Waals surface area contributed by atoms with Crippen molar-refractivity contribution in [3.05, 3.63) is 0 Å². The predicted octanol–water partition coefficient (Wildman–Crippen LogP) is -3.46. The molecule has 22 heteroatoms. The van der Waals surface area contributed by atoms with Crippen molar-refractivity contribution in [3.8, 4) is 0 Å². The number of nitrogens with one attached hydrogen (secondary N) is 7. The monoisotopic (exact) mass is 872 g/mol. The maximum atomic E-state index is 13.8. The Morgan fingerprint density at radius 3 is 1.10 bits per heavy atom. The summed E-state index contributed by atoms with van der Waals surface area (Å²) in [5.41, 5.74) is 22.0. The highest BCUT2D eigenvalue weighted by atomic mass is 16.4. The first-order valence-electron chi connectivity index (χ1n) is 20.8. The van der Waals surface area contributed by atoms with E-state index in [0.717, 1.165) is 0 Å². The minimum atomic E-state index is -1.58. The molecule has 350 valence electrons. The Balaban J connectivity index is 6.19. The Kier molecular flexibility index (Phi) is 26.3. The number of unbranched alkanes of at least 4 members (excludes halogenated alkanes) is 2. The van der Waals surface area contributed by atoms with E-state index in [1.807, 2.05) is 0 Å². The topological polar surface area (TPSA) is 382 Å². The Morgan fingerprint density at radius 2 is 0.770 bits per heavy atom. The summed E-state index contributed by atoms with van der Waals surface area (Å²) in [5.74, 6) is -10.1. The second-order valence-electron chi connectivity index (χ2n) is 16.5. The molecule has 8 amide bonds. The summed E-state index contributed by atoms with van der Waals surface area (Å²) in [6.07, 6.45) is 1.44. The van der Waals surface area contributed by atoms with Crippen molar-refractivity contribution >= 4 is 53.2 Å². The molecule has 0 bridgehead atoms. The lowest BCUT2D eigenvalue weighted by Gasteiger charge is -2.31. The standard InChI is InChI=1S/C39H73N11O11/c1-19(2)28(35(56)46-26(17-27(43)52)34(55)45-25(39(60)61)14-10-12-16-41)48-37(58)30(21(5)6)50-38(59)31(22(7)8)49-36(57)29(20(3)4)47-33(54)24(13-9-11-15-40)44-32(53)23(42)18-51/h19-26,28-31,51H,9-18,40-42H2,1-8H3,(H2,43,52)(H,44,53)(H,45,55)(H,46,56)(H,47,54)(H,48,58)(H,49,57)(H,50,59)(H,60,61)/t23-,24-,25-,26-,28-,29-,30-,31-/m0/s1. The van der Waals surface area contributed by atoms with E-state index in [1.165, 1.54) is 0 Å². The summed E-state index contributed by atoms with van der Waals surface area (Å²) < 4.78 is 0. The number of carboxylic acid groups (broad SMARTS) is 1. The van der Waals surface area contributed by atoms with Crippen LogP contribution in [0, 0.1) is 23.7 Å². The van der Waals surface area contributed by atoms with E-state index >= 15 is 0 Å². The SMILES string of the molecule is CC(C)[C@H](NC(=O)[C@H](CCCCN)NC(=O)[C@@H](N)CO)C(=O)N[C@H](C(=O)N[C@H](C(=O)N[C@H](C(=O)N[C@@H](CC(N)=O)C(=O)N[C@@H](CCCCN)C(=O)O)C(C)C)C(C)C)C(C)C. The number of aliphatic hydroxyl groups excluding tert-OH is 1. The molecule has 61 heavy (non-hydrogen) atoms. The number of rotatable bonds is 30. The molecular formula is C39H73N11O11. The lowest BCUT2D eigenvalue weighted by atomic mass is 9.96. The number of carbonyl (C=O) groups excluding carboxylic acids is 8. The summed E-state index contributed by atoms with van der Waals surface area (Å²) in [6, 6.07) is -10.3. The highest BCUT2D eigenvalue weighted by Crippen LogP contribution is 2.12. The molecule has 0 unspecified atom stereocenters. The summed E-state index contributed by atoms with van der Waals surface area (Å²) in [5, 5.41) is 36.7. The maximum absolute atomic E-state index is 13.8. The molecule has 8 atom stereocenters. The van der Waals surface area contributed by atoms with Gasteiger partial charge in [0.25, 0.3) is 0 Å². The van der Waals surface area contributed by atoms with Crippen LogP contribution < -0.4 is 60.2 Å². The van der Waals surface area contributed by atoms with Gasteiger partial charge in [0.1, 0.15) is 48.3 Å². The third kappa shape index (κ3) is 20.5. The van der Waals surface area contributed by atoms with Gasteiger partial charge in [-0.1, -0.05) is 55.4 Å². The number of aliphatic carboxylic acids is 1. The van der Waals surface area contributed by atoms with Gasteiger partial charge in [-0.05, 0) is 75.3 Å². The fraction of sp³-hybridized carbons (Fsp3) is 0.769. The fourth-order valence-electron chi connectivity index (χ4n) is 5.94. The van der Waals surface area contributed by atoms with Crippen molar-refractivity contribution in [2.45, 2.75) is 149 Å². The fourth-order valence-corrected chi connectivity index (χ4v) is 5.94. The number of aliphatic hydroxyl groups is 1. The molecule has 22 nitrogen and oxygen atoms in total. The molecular weight excluding hydrogens is 798 g/mol. The molecule has 0 aromatic rings. The number of hydrogen-bond donors (Lipinski definition) is 13. The summed E-state index contributed by atoms with van der Waals surface area (Å²) in [4.78, 5) is 118. The first-order valence-corrected chi connectivity index (χ1v) is 20.8. The van der Waals surface area contributed by atoms with Crippen LogP contribution in [0.15, 0.2) is 0 Å². The third-order valence-electron chi connectivity index (χ3n) is 9.70. The number of nitrogens with two attached hydrogens (primary N) is 4. The molecule has 0 spiro atoms. The van der Waals surface area contributed by atoms with Gasteiger partial charge in [0.2, 0.25) is 47.3 Å². The highest BCUT2D eigenvalue weighted by Gasteiger charge is 2.37. The second-order valence-corrected chi connectivity index (χ2v) is 16.5. The molecule has 0 saturated carbocycles. The van der Waals surface area contributed by atoms with Crippen LogP contribution in [0.25, 0.3) is 0 Å². The van der Waals surface area contributed by atoms with Crippen molar-refractivity contribution in [1.29, 1.82) is 0 Å². The van der Waals surface area contributed by atoms with Crippen LogP contribution in [-0.4, -0.2) is 131 Å². The second kappa shape index (κ2) is 28.6. The van der Waals surface area contributed by atoms with Crippen molar-refractivity contribution in [1.82, 2.24) is 37.2 Å². The molecule has 17 N–H and O–H groups in total. The molecule has 0 rings (SSSR count). The third-order valence-corrected chi connectivity index (χ3v) is 9.70. The van der Waals surface area contributed by atoms with Crippen LogP contribution in [0.5, 0.6) is 0 Å². The number of carbonyl (C=O) groups is 9.